The van der Waals surface area contributed by atoms with Crippen molar-refractivity contribution in [2.24, 2.45) is 11.8 Å². The predicted octanol–water partition coefficient (Wildman–Crippen LogP) is -1.47. The molecule has 1 amide bonds. The van der Waals surface area contributed by atoms with Gasteiger partial charge in [-0.15, -0.1) is 0 Å². The fourth-order valence-corrected chi connectivity index (χ4v) is 7.23. The van der Waals surface area contributed by atoms with Gasteiger partial charge in [-0.1, -0.05) is 0 Å². The minimum atomic E-state index is -4.68. The Balaban J connectivity index is 2.10. The van der Waals surface area contributed by atoms with Crippen LogP contribution < -0.4 is 5.32 Å². The fourth-order valence-electron chi connectivity index (χ4n) is 6.48. The Bertz CT molecular complexity index is 1270. The first-order valence-electron chi connectivity index (χ1n) is 16.1. The van der Waals surface area contributed by atoms with Crippen LogP contribution in [0.2, 0.25) is 0 Å². The van der Waals surface area contributed by atoms with Gasteiger partial charge in [-0.2, -0.15) is 0 Å². The zero-order valence-corrected chi connectivity index (χ0v) is 29.4. The van der Waals surface area contributed by atoms with Crippen LogP contribution in [0.1, 0.15) is 39.5 Å². The number of aliphatic carboxylic acids is 4. The highest BCUT2D eigenvalue weighted by atomic mass is 31.2. The summed E-state index contributed by atoms with van der Waals surface area (Å²) in [6.45, 7) is -1.61. The largest absolute Gasteiger partial charge is 0.480 e. The number of ether oxygens (including phenoxy) is 2. The molecule has 2 unspecified atom stereocenters. The van der Waals surface area contributed by atoms with Gasteiger partial charge in [-0.05, 0) is 31.6 Å². The molecular formula is C29H47N4O17P. The molecule has 6 N–H and O–H groups in total. The van der Waals surface area contributed by atoms with Crippen LogP contribution in [0.5, 0.6) is 0 Å². The maximum absolute atomic E-state index is 13.0. The predicted molar refractivity (Wildman–Crippen MR) is 170 cm³/mol. The van der Waals surface area contributed by atoms with Crippen LogP contribution in [0.25, 0.3) is 0 Å². The van der Waals surface area contributed by atoms with E-state index in [2.05, 4.69) is 5.32 Å². The molecule has 51 heavy (non-hydrogen) atoms. The van der Waals surface area contributed by atoms with Crippen molar-refractivity contribution < 1.29 is 82.0 Å². The summed E-state index contributed by atoms with van der Waals surface area (Å²) in [4.78, 5) is 96.9. The topological polar surface area (TPSA) is 296 Å². The quantitative estimate of drug-likeness (QED) is 0.0443. The van der Waals surface area contributed by atoms with Crippen molar-refractivity contribution in [3.8, 4) is 0 Å². The van der Waals surface area contributed by atoms with Crippen molar-refractivity contribution >= 4 is 49.5 Å². The maximum atomic E-state index is 13.0. The van der Waals surface area contributed by atoms with E-state index in [1.165, 1.54) is 4.90 Å². The number of carboxylic acids is 4. The second kappa shape index (κ2) is 20.4. The Morgan fingerprint density at radius 3 is 1.78 bits per heavy atom. The summed E-state index contributed by atoms with van der Waals surface area (Å²) in [5.41, 5.74) is -1.30. The molecule has 0 radical (unpaired) electrons. The van der Waals surface area contributed by atoms with Crippen molar-refractivity contribution in [1.29, 1.82) is 0 Å². The first-order chi connectivity index (χ1) is 23.8. The van der Waals surface area contributed by atoms with E-state index in [-0.39, 0.29) is 45.6 Å². The normalized spacial score (nSPS) is 21.4. The Hall–Kier alpha value is -3.72. The Labute approximate surface area is 293 Å². The highest BCUT2D eigenvalue weighted by Gasteiger charge is 2.50. The number of amides is 1. The molecule has 2 fully saturated rings. The summed E-state index contributed by atoms with van der Waals surface area (Å²) in [6.07, 6.45) is -0.0484. The average molecular weight is 755 g/mol. The van der Waals surface area contributed by atoms with Crippen LogP contribution in [0.15, 0.2) is 0 Å². The molecule has 22 heteroatoms. The number of hydrogen-bond donors (Lipinski definition) is 6. The van der Waals surface area contributed by atoms with Crippen molar-refractivity contribution in [3.63, 3.8) is 0 Å². The maximum Gasteiger partial charge on any atom is 0.472 e. The van der Waals surface area contributed by atoms with Gasteiger partial charge in [0.25, 0.3) is 0 Å². The monoisotopic (exact) mass is 754 g/mol. The molecule has 0 bridgehead atoms. The molecule has 1 saturated carbocycles. The number of rotatable bonds is 21. The van der Waals surface area contributed by atoms with E-state index < -0.39 is 119 Å². The highest BCUT2D eigenvalue weighted by molar-refractivity contribution is 7.47. The molecule has 290 valence electrons. The molecule has 21 nitrogen and oxygen atoms in total. The van der Waals surface area contributed by atoms with Crippen LogP contribution in [0.3, 0.4) is 0 Å². The summed E-state index contributed by atoms with van der Waals surface area (Å²) >= 11 is 0. The summed E-state index contributed by atoms with van der Waals surface area (Å²) in [5, 5.41) is 41.2. The van der Waals surface area contributed by atoms with Gasteiger partial charge in [0.05, 0.1) is 44.9 Å². The summed E-state index contributed by atoms with van der Waals surface area (Å²) in [7, 11) is -4.68. The molecule has 0 aromatic rings. The molecule has 1 aliphatic carbocycles. The Morgan fingerprint density at radius 1 is 0.804 bits per heavy atom. The van der Waals surface area contributed by atoms with E-state index in [1.807, 2.05) is 0 Å². The van der Waals surface area contributed by atoms with Crippen molar-refractivity contribution in [1.82, 2.24) is 20.0 Å². The lowest BCUT2D eigenvalue weighted by Gasteiger charge is -2.51. The molecule has 0 spiro atoms. The van der Waals surface area contributed by atoms with Crippen LogP contribution in [-0.4, -0.2) is 172 Å². The lowest BCUT2D eigenvalue weighted by molar-refractivity contribution is -0.158. The zero-order valence-electron chi connectivity index (χ0n) is 28.5. The lowest BCUT2D eigenvalue weighted by Crippen LogP contribution is -2.66. The highest BCUT2D eigenvalue weighted by Crippen LogP contribution is 2.43. The molecule has 0 aromatic heterocycles. The van der Waals surface area contributed by atoms with Crippen molar-refractivity contribution in [2.45, 2.75) is 51.2 Å². The van der Waals surface area contributed by atoms with E-state index in [0.29, 0.717) is 12.8 Å². The number of nitrogens with zero attached hydrogens (tertiary/aromatic N) is 3. The number of phosphoric acid groups is 1. The van der Waals surface area contributed by atoms with Crippen LogP contribution in [0.4, 0.5) is 0 Å². The van der Waals surface area contributed by atoms with E-state index >= 15 is 0 Å². The molecule has 2 rings (SSSR count). The van der Waals surface area contributed by atoms with Gasteiger partial charge in [-0.3, -0.25) is 57.3 Å². The van der Waals surface area contributed by atoms with E-state index in [4.69, 9.17) is 18.5 Å². The van der Waals surface area contributed by atoms with Gasteiger partial charge < -0.3 is 40.1 Å². The number of nitrogens with one attached hydrogen (secondary N) is 1. The van der Waals surface area contributed by atoms with Crippen LogP contribution in [0, 0.1) is 11.8 Å². The van der Waals surface area contributed by atoms with E-state index in [1.54, 1.807) is 9.80 Å². The molecule has 1 aliphatic heterocycles. The first kappa shape index (κ1) is 43.4. The Morgan fingerprint density at radius 2 is 1.33 bits per heavy atom. The molecule has 0 aromatic carbocycles. The fraction of sp³-hybridized carbons (Fsp3) is 0.759. The van der Waals surface area contributed by atoms with Crippen molar-refractivity contribution in [2.75, 3.05) is 78.7 Å². The molecule has 1 heterocycles. The lowest BCUT2D eigenvalue weighted by atomic mass is 9.69. The number of carboxylic acid groups (broad SMARTS) is 4. The van der Waals surface area contributed by atoms with E-state index in [0.717, 1.165) is 13.8 Å². The third-order valence-electron chi connectivity index (χ3n) is 8.47. The smallest absolute Gasteiger partial charge is 0.472 e. The average Bonchev–Trinajstić information content (AvgIpc) is 3.18. The number of carbonyl (C=O) groups is 7. The number of carbonyl (C=O) groups excluding carboxylic acids is 3. The molecule has 2 atom stereocenters. The minimum Gasteiger partial charge on any atom is -0.480 e. The standard InChI is InChI=1S/C29H47N4O17P/c1-19(34)47-15-23(50-20(2)35)16-49-51(45,46)48-10-7-30-28(44)21-3-5-22(6-4-21)29(33(13-26(40)41)14-27(42)43)17-31(11-24(36)37)8-9-32(18-29)12-25(38)39/h21-23H,3-18H2,1-2H3,(H,30,44)(H,36,37)(H,38,39)(H,40,41)(H,42,43)(H,45,46). The first-order valence-corrected chi connectivity index (χ1v) is 17.6. The van der Waals surface area contributed by atoms with Gasteiger partial charge in [0.15, 0.2) is 6.10 Å². The zero-order chi connectivity index (χ0) is 38.4. The van der Waals surface area contributed by atoms with Crippen LogP contribution in [-0.2, 0) is 56.6 Å². The Kier molecular flexibility index (Phi) is 17.3. The van der Waals surface area contributed by atoms with E-state index in [9.17, 15) is 63.4 Å². The van der Waals surface area contributed by atoms with Gasteiger partial charge in [0.2, 0.25) is 5.91 Å². The molecule has 2 aliphatic rings. The van der Waals surface area contributed by atoms with Gasteiger partial charge in [-0.25, -0.2) is 4.57 Å². The molecular weight excluding hydrogens is 707 g/mol. The van der Waals surface area contributed by atoms with Gasteiger partial charge in [0, 0.05) is 52.5 Å². The number of hydrogen-bond acceptors (Lipinski definition) is 15. The summed E-state index contributed by atoms with van der Waals surface area (Å²) < 4.78 is 31.6. The summed E-state index contributed by atoms with van der Waals surface area (Å²) in [6, 6.07) is 0. The minimum absolute atomic E-state index is 0.0521. The van der Waals surface area contributed by atoms with Gasteiger partial charge >= 0.3 is 43.6 Å². The number of esters is 2. The SMILES string of the molecule is CC(=O)OCC(COP(=O)(O)OCCNC(=O)C1CCC(C2(N(CC(=O)O)CC(=O)O)CN(CC(=O)O)CCN(CC(=O)O)C2)CC1)OC(C)=O. The van der Waals surface area contributed by atoms with Crippen LogP contribution >= 0.6 is 7.82 Å². The third kappa shape index (κ3) is 15.6. The van der Waals surface area contributed by atoms with Crippen molar-refractivity contribution in [3.05, 3.63) is 0 Å². The second-order valence-corrected chi connectivity index (χ2v) is 13.9. The second-order valence-electron chi connectivity index (χ2n) is 12.4. The van der Waals surface area contributed by atoms with Gasteiger partial charge in [0.1, 0.15) is 6.61 Å². The number of phosphoric ester groups is 1. The summed E-state index contributed by atoms with van der Waals surface area (Å²) in [5.74, 6) is -7.83. The third-order valence-corrected chi connectivity index (χ3v) is 9.45. The molecule has 1 saturated heterocycles.